The summed E-state index contributed by atoms with van der Waals surface area (Å²) in [7, 11) is 3.53. The van der Waals surface area contributed by atoms with E-state index < -0.39 is 0 Å². The number of aryl methyl sites for hydroxylation is 1. The van der Waals surface area contributed by atoms with E-state index >= 15 is 0 Å². The molecule has 0 aliphatic rings. The number of ether oxygens (including phenoxy) is 1. The lowest BCUT2D eigenvalue weighted by molar-refractivity contribution is 0.396. The first-order chi connectivity index (χ1) is 9.10. The Morgan fingerprint density at radius 3 is 2.68 bits per heavy atom. The van der Waals surface area contributed by atoms with E-state index in [-0.39, 0.29) is 0 Å². The van der Waals surface area contributed by atoms with Crippen LogP contribution in [0, 0.1) is 6.92 Å². The molecule has 1 heterocycles. The number of nitrogen functional groups attached to an aromatic ring is 1. The van der Waals surface area contributed by atoms with Crippen molar-refractivity contribution in [3.8, 4) is 5.88 Å². The van der Waals surface area contributed by atoms with Crippen LogP contribution >= 0.6 is 0 Å². The molecule has 0 unspecified atom stereocenters. The Labute approximate surface area is 113 Å². The number of nitrogens with two attached hydrogens (primary N) is 1. The van der Waals surface area contributed by atoms with Crippen molar-refractivity contribution in [3.05, 3.63) is 41.6 Å². The number of hydrogen-bond acceptors (Lipinski definition) is 5. The maximum absolute atomic E-state index is 5.94. The molecular weight excluding hydrogens is 240 g/mol. The summed E-state index contributed by atoms with van der Waals surface area (Å²) < 4.78 is 5.16. The molecule has 0 fully saturated rings. The number of aromatic nitrogens is 2. The molecule has 2 rings (SSSR count). The highest BCUT2D eigenvalue weighted by atomic mass is 16.5. The zero-order chi connectivity index (χ0) is 13.8. The van der Waals surface area contributed by atoms with Gasteiger partial charge in [-0.1, -0.05) is 18.2 Å². The quantitative estimate of drug-likeness (QED) is 0.850. The molecule has 5 heteroatoms. The van der Waals surface area contributed by atoms with Crippen molar-refractivity contribution in [2.75, 3.05) is 24.8 Å². The molecule has 1 aromatic heterocycles. The second-order valence-corrected chi connectivity index (χ2v) is 4.41. The van der Waals surface area contributed by atoms with Gasteiger partial charge in [-0.3, -0.25) is 0 Å². The fraction of sp³-hybridized carbons (Fsp3) is 0.286. The maximum Gasteiger partial charge on any atom is 0.228 e. The standard InChI is InChI=1S/C14H18N4O/c1-10-8-13(19-3)17-14(16-10)18(2)9-11-6-4-5-7-12(11)15/h4-8H,9,15H2,1-3H3. The van der Waals surface area contributed by atoms with Gasteiger partial charge in [0.1, 0.15) is 0 Å². The Kier molecular flexibility index (Phi) is 3.85. The van der Waals surface area contributed by atoms with Gasteiger partial charge in [0.05, 0.1) is 7.11 Å². The number of benzene rings is 1. The van der Waals surface area contributed by atoms with Gasteiger partial charge in [0, 0.05) is 31.0 Å². The first kappa shape index (κ1) is 13.1. The Morgan fingerprint density at radius 2 is 2.00 bits per heavy atom. The van der Waals surface area contributed by atoms with Gasteiger partial charge in [-0.25, -0.2) is 4.98 Å². The largest absolute Gasteiger partial charge is 0.481 e. The van der Waals surface area contributed by atoms with Gasteiger partial charge in [0.15, 0.2) is 0 Å². The van der Waals surface area contributed by atoms with Crippen LogP contribution in [0.2, 0.25) is 0 Å². The van der Waals surface area contributed by atoms with Crippen LogP contribution in [0.5, 0.6) is 5.88 Å². The number of rotatable bonds is 4. The molecule has 0 saturated heterocycles. The summed E-state index contributed by atoms with van der Waals surface area (Å²) in [5, 5.41) is 0. The van der Waals surface area contributed by atoms with Crippen molar-refractivity contribution in [2.24, 2.45) is 0 Å². The van der Waals surface area contributed by atoms with E-state index in [1.807, 2.05) is 43.1 Å². The van der Waals surface area contributed by atoms with Crippen molar-refractivity contribution in [1.82, 2.24) is 9.97 Å². The SMILES string of the molecule is COc1cc(C)nc(N(C)Cc2ccccc2N)n1. The van der Waals surface area contributed by atoms with Gasteiger partial charge >= 0.3 is 0 Å². The number of para-hydroxylation sites is 1. The van der Waals surface area contributed by atoms with Gasteiger partial charge in [0.2, 0.25) is 11.8 Å². The summed E-state index contributed by atoms with van der Waals surface area (Å²) >= 11 is 0. The van der Waals surface area contributed by atoms with Gasteiger partial charge in [0.25, 0.3) is 0 Å². The van der Waals surface area contributed by atoms with Crippen LogP contribution in [-0.2, 0) is 6.54 Å². The second kappa shape index (κ2) is 5.56. The van der Waals surface area contributed by atoms with Gasteiger partial charge < -0.3 is 15.4 Å². The zero-order valence-electron chi connectivity index (χ0n) is 11.4. The summed E-state index contributed by atoms with van der Waals surface area (Å²) in [6.45, 7) is 2.57. The fourth-order valence-corrected chi connectivity index (χ4v) is 1.80. The second-order valence-electron chi connectivity index (χ2n) is 4.41. The van der Waals surface area contributed by atoms with Crippen LogP contribution in [0.4, 0.5) is 11.6 Å². The highest BCUT2D eigenvalue weighted by Crippen LogP contribution is 2.18. The molecule has 5 nitrogen and oxygen atoms in total. The van der Waals surface area contributed by atoms with Crippen LogP contribution in [0.25, 0.3) is 0 Å². The normalized spacial score (nSPS) is 10.3. The number of nitrogens with zero attached hydrogens (tertiary/aromatic N) is 3. The Bertz CT molecular complexity index is 571. The van der Waals surface area contributed by atoms with Crippen molar-refractivity contribution in [3.63, 3.8) is 0 Å². The fourth-order valence-electron chi connectivity index (χ4n) is 1.80. The highest BCUT2D eigenvalue weighted by Gasteiger charge is 2.09. The predicted octanol–water partition coefficient (Wildman–Crippen LogP) is 2.01. The molecule has 0 radical (unpaired) electrons. The van der Waals surface area contributed by atoms with Gasteiger partial charge in [-0.15, -0.1) is 0 Å². The van der Waals surface area contributed by atoms with E-state index in [0.717, 1.165) is 16.9 Å². The summed E-state index contributed by atoms with van der Waals surface area (Å²) in [6.07, 6.45) is 0. The summed E-state index contributed by atoms with van der Waals surface area (Å²) in [4.78, 5) is 10.7. The maximum atomic E-state index is 5.94. The van der Waals surface area contributed by atoms with Crippen LogP contribution in [0.1, 0.15) is 11.3 Å². The van der Waals surface area contributed by atoms with Crippen molar-refractivity contribution in [2.45, 2.75) is 13.5 Å². The van der Waals surface area contributed by atoms with Crippen LogP contribution < -0.4 is 15.4 Å². The Hall–Kier alpha value is -2.30. The molecule has 100 valence electrons. The Balaban J connectivity index is 2.22. The van der Waals surface area contributed by atoms with Gasteiger partial charge in [-0.2, -0.15) is 4.98 Å². The molecule has 0 atom stereocenters. The van der Waals surface area contributed by atoms with Crippen LogP contribution in [0.15, 0.2) is 30.3 Å². The topological polar surface area (TPSA) is 64.3 Å². The Morgan fingerprint density at radius 1 is 1.26 bits per heavy atom. The monoisotopic (exact) mass is 258 g/mol. The lowest BCUT2D eigenvalue weighted by Crippen LogP contribution is -2.20. The molecule has 1 aromatic carbocycles. The molecule has 0 amide bonds. The van der Waals surface area contributed by atoms with E-state index in [2.05, 4.69) is 9.97 Å². The third-order valence-corrected chi connectivity index (χ3v) is 2.83. The van der Waals surface area contributed by atoms with E-state index in [1.54, 1.807) is 13.2 Å². The van der Waals surface area contributed by atoms with E-state index in [1.165, 1.54) is 0 Å². The average molecular weight is 258 g/mol. The minimum Gasteiger partial charge on any atom is -0.481 e. The van der Waals surface area contributed by atoms with E-state index in [4.69, 9.17) is 10.5 Å². The van der Waals surface area contributed by atoms with Crippen molar-refractivity contribution in [1.29, 1.82) is 0 Å². The van der Waals surface area contributed by atoms with Crippen molar-refractivity contribution < 1.29 is 4.74 Å². The molecule has 0 aliphatic carbocycles. The molecule has 2 N–H and O–H groups in total. The van der Waals surface area contributed by atoms with Crippen LogP contribution in [0.3, 0.4) is 0 Å². The van der Waals surface area contributed by atoms with E-state index in [9.17, 15) is 0 Å². The molecular formula is C14H18N4O. The lowest BCUT2D eigenvalue weighted by atomic mass is 10.2. The van der Waals surface area contributed by atoms with Crippen LogP contribution in [-0.4, -0.2) is 24.1 Å². The third kappa shape index (κ3) is 3.13. The van der Waals surface area contributed by atoms with E-state index in [0.29, 0.717) is 18.4 Å². The first-order valence-corrected chi connectivity index (χ1v) is 6.04. The minimum absolute atomic E-state index is 0.565. The number of methoxy groups -OCH3 is 1. The van der Waals surface area contributed by atoms with Crippen molar-refractivity contribution >= 4 is 11.6 Å². The number of anilines is 2. The summed E-state index contributed by atoms with van der Waals surface area (Å²) in [6, 6.07) is 9.58. The molecule has 19 heavy (non-hydrogen) atoms. The third-order valence-electron chi connectivity index (χ3n) is 2.83. The molecule has 0 bridgehead atoms. The zero-order valence-corrected chi connectivity index (χ0v) is 11.4. The smallest absolute Gasteiger partial charge is 0.228 e. The summed E-state index contributed by atoms with van der Waals surface area (Å²) in [5.41, 5.74) is 8.63. The number of hydrogen-bond donors (Lipinski definition) is 1. The highest BCUT2D eigenvalue weighted by molar-refractivity contribution is 5.48. The van der Waals surface area contributed by atoms with Gasteiger partial charge in [-0.05, 0) is 18.6 Å². The average Bonchev–Trinajstić information content (AvgIpc) is 2.40. The summed E-state index contributed by atoms with van der Waals surface area (Å²) in [5.74, 6) is 1.19. The first-order valence-electron chi connectivity index (χ1n) is 6.04. The molecule has 2 aromatic rings. The predicted molar refractivity (Wildman–Crippen MR) is 76.3 cm³/mol. The molecule has 0 saturated carbocycles. The minimum atomic E-state index is 0.565. The lowest BCUT2D eigenvalue weighted by Gasteiger charge is -2.19. The molecule has 0 spiro atoms. The molecule has 0 aliphatic heterocycles.